The van der Waals surface area contributed by atoms with Gasteiger partial charge in [0.25, 0.3) is 0 Å². The minimum Gasteiger partial charge on any atom is -0.466 e. The van der Waals surface area contributed by atoms with Gasteiger partial charge in [0.1, 0.15) is 48.9 Å². The van der Waals surface area contributed by atoms with Crippen molar-refractivity contribution in [3.63, 3.8) is 0 Å². The van der Waals surface area contributed by atoms with E-state index in [1.807, 2.05) is 83.1 Å². The third-order valence-electron chi connectivity index (χ3n) is 15.8. The van der Waals surface area contributed by atoms with Crippen molar-refractivity contribution >= 4 is 53.3 Å². The molecular weight excluding hydrogens is 1190 g/mol. The Bertz CT molecular complexity index is 2040. The number of hydrogen-bond donors (Lipinski definition) is 7. The summed E-state index contributed by atoms with van der Waals surface area (Å²) >= 11 is 0. The van der Waals surface area contributed by atoms with Gasteiger partial charge in [-0.1, -0.05) is 213 Å². The lowest BCUT2D eigenvalue weighted by Gasteiger charge is -2.30. The summed E-state index contributed by atoms with van der Waals surface area (Å²) in [4.78, 5) is 126. The fourth-order valence-corrected chi connectivity index (χ4v) is 10.8. The van der Waals surface area contributed by atoms with Crippen molar-refractivity contribution in [2.45, 2.75) is 319 Å². The molecule has 0 spiro atoms. The molecule has 21 nitrogen and oxygen atoms in total. The molecule has 21 heteroatoms. The highest BCUT2D eigenvalue weighted by atomic mass is 16.5. The van der Waals surface area contributed by atoms with Crippen molar-refractivity contribution in [3.8, 4) is 0 Å². The minimum atomic E-state index is -1.21. The molecule has 0 heterocycles. The van der Waals surface area contributed by atoms with E-state index in [9.17, 15) is 43.2 Å². The molecule has 0 aromatic rings. The number of unbranched alkanes of at least 4 members (excludes halogenated alkanes) is 18. The van der Waals surface area contributed by atoms with E-state index in [1.54, 1.807) is 7.11 Å². The highest BCUT2D eigenvalue weighted by Gasteiger charge is 2.36. The molecule has 0 radical (unpaired) electrons. The van der Waals surface area contributed by atoms with Crippen LogP contribution in [0.4, 0.5) is 0 Å². The van der Waals surface area contributed by atoms with Gasteiger partial charge in [-0.2, -0.15) is 0 Å². The number of nitrogens with one attached hydrogen (secondary N) is 7. The standard InChI is InChI=1S/C72H135N7O14/c1-16-18-20-22-24-26-28-30-32-34-38-92-65(81)37-36-57(72(88)93-39-35-33-31-29-27-25-23-21-19-17-2)74-67(83)59(45-52(5)6)76-69(85)61(47-54(9)10)78-71(87)63(49-56(13)14)79-70(86)62(48-55(11)12)77-68(84)60(46-53(7)8)75-66(82)58(44-51(3)4)73-64(80)50-91-43-42-90-41-40-89-15/h51-63H,16-50H2,1-15H3,(H,73,80)(H,74,83)(H,75,82)(H,76,85)(H,77,84)(H,78,87)(H,79,86)/t57?,58-,59-,60-,61-,62-,63-/m0/s1. The number of amides is 7. The molecule has 1 unspecified atom stereocenters. The number of rotatable bonds is 59. The van der Waals surface area contributed by atoms with Crippen LogP contribution in [-0.2, 0) is 66.8 Å². The molecule has 0 bridgehead atoms. The van der Waals surface area contributed by atoms with Crippen LogP contribution >= 0.6 is 0 Å². The molecule has 0 aliphatic carbocycles. The molecule has 7 atom stereocenters. The van der Waals surface area contributed by atoms with Crippen LogP contribution in [0.15, 0.2) is 0 Å². The Morgan fingerprint density at radius 2 is 0.570 bits per heavy atom. The van der Waals surface area contributed by atoms with Gasteiger partial charge < -0.3 is 60.9 Å². The first kappa shape index (κ1) is 88.1. The number of hydrogen-bond acceptors (Lipinski definition) is 14. The molecular formula is C72H135N7O14. The lowest BCUT2D eigenvalue weighted by atomic mass is 9.97. The Balaban J connectivity index is 6.47. The third kappa shape index (κ3) is 47.6. The van der Waals surface area contributed by atoms with Gasteiger partial charge in [-0.05, 0) is 93.3 Å². The zero-order valence-corrected chi connectivity index (χ0v) is 61.0. The SMILES string of the molecule is CCCCCCCCCCCCOC(=O)CCC(NC(=O)[C@H](CC(C)C)NC(=O)[C@H](CC(C)C)NC(=O)[C@H](CC(C)C)NC(=O)[C@H](CC(C)C)NC(=O)[C@H](CC(C)C)NC(=O)[C@H](CC(C)C)NC(=O)COCCOCCOC)C(=O)OCCCCCCCCCCCC. The Morgan fingerprint density at radius 3 is 0.882 bits per heavy atom. The molecule has 0 aliphatic heterocycles. The van der Waals surface area contributed by atoms with Crippen LogP contribution in [0.3, 0.4) is 0 Å². The number of carbonyl (C=O) groups excluding carboxylic acids is 9. The minimum absolute atomic E-state index is 0.00707. The summed E-state index contributed by atoms with van der Waals surface area (Å²) in [7, 11) is 1.57. The number of esters is 2. The number of ether oxygens (including phenoxy) is 5. The van der Waals surface area contributed by atoms with Crippen LogP contribution in [0.25, 0.3) is 0 Å². The molecule has 0 aromatic heterocycles. The number of methoxy groups -OCH3 is 1. The van der Waals surface area contributed by atoms with Crippen molar-refractivity contribution in [1.82, 2.24) is 37.2 Å². The highest BCUT2D eigenvalue weighted by Crippen LogP contribution is 2.18. The van der Waals surface area contributed by atoms with Crippen molar-refractivity contribution in [2.24, 2.45) is 35.5 Å². The van der Waals surface area contributed by atoms with Gasteiger partial charge in [0.2, 0.25) is 41.4 Å². The second-order valence-corrected chi connectivity index (χ2v) is 28.2. The van der Waals surface area contributed by atoms with E-state index in [0.717, 1.165) is 44.9 Å². The van der Waals surface area contributed by atoms with Gasteiger partial charge in [-0.25, -0.2) is 4.79 Å². The third-order valence-corrected chi connectivity index (χ3v) is 15.8. The van der Waals surface area contributed by atoms with Crippen molar-refractivity contribution in [1.29, 1.82) is 0 Å². The molecule has 0 saturated heterocycles. The summed E-state index contributed by atoms with van der Waals surface area (Å²) in [6, 6.07) is -7.90. The zero-order valence-electron chi connectivity index (χ0n) is 61.0. The predicted octanol–water partition coefficient (Wildman–Crippen LogP) is 11.0. The maximum absolute atomic E-state index is 14.5. The Hall–Kier alpha value is -4.89. The summed E-state index contributed by atoms with van der Waals surface area (Å²) in [5, 5.41) is 19.9. The van der Waals surface area contributed by atoms with Gasteiger partial charge in [-0.15, -0.1) is 0 Å². The van der Waals surface area contributed by atoms with Crippen LogP contribution in [0.5, 0.6) is 0 Å². The van der Waals surface area contributed by atoms with Crippen molar-refractivity contribution < 1.29 is 66.8 Å². The van der Waals surface area contributed by atoms with E-state index >= 15 is 0 Å². The first-order valence-electron chi connectivity index (χ1n) is 36.3. The van der Waals surface area contributed by atoms with E-state index < -0.39 is 95.6 Å². The zero-order chi connectivity index (χ0) is 69.9. The largest absolute Gasteiger partial charge is 0.466 e. The molecule has 0 aliphatic rings. The van der Waals surface area contributed by atoms with E-state index in [4.69, 9.17) is 23.7 Å². The second kappa shape index (κ2) is 55.3. The molecule has 0 rings (SSSR count). The van der Waals surface area contributed by atoms with Crippen LogP contribution in [0, 0.1) is 35.5 Å². The summed E-state index contributed by atoms with van der Waals surface area (Å²) in [5.41, 5.74) is 0. The second-order valence-electron chi connectivity index (χ2n) is 28.2. The Kier molecular flexibility index (Phi) is 52.4. The normalized spacial score (nSPS) is 13.9. The summed E-state index contributed by atoms with van der Waals surface area (Å²) in [5.74, 6) is -5.96. The Morgan fingerprint density at radius 1 is 0.301 bits per heavy atom. The van der Waals surface area contributed by atoms with Crippen molar-refractivity contribution in [2.75, 3.05) is 53.4 Å². The maximum atomic E-state index is 14.5. The van der Waals surface area contributed by atoms with Gasteiger partial charge in [0.15, 0.2) is 0 Å². The lowest BCUT2D eigenvalue weighted by Crippen LogP contribution is -2.60. The highest BCUT2D eigenvalue weighted by molar-refractivity contribution is 5.97. The van der Waals surface area contributed by atoms with E-state index in [0.29, 0.717) is 19.6 Å². The molecule has 7 amide bonds. The van der Waals surface area contributed by atoms with E-state index in [2.05, 4.69) is 51.1 Å². The molecule has 93 heavy (non-hydrogen) atoms. The van der Waals surface area contributed by atoms with Gasteiger partial charge >= 0.3 is 11.9 Å². The smallest absolute Gasteiger partial charge is 0.328 e. The fraction of sp³-hybridized carbons (Fsp3) is 0.875. The molecule has 0 saturated carbocycles. The lowest BCUT2D eigenvalue weighted by molar-refractivity contribution is -0.149. The molecule has 542 valence electrons. The first-order chi connectivity index (χ1) is 44.2. The average Bonchev–Trinajstić information content (AvgIpc) is 3.71. The average molecular weight is 1320 g/mol. The van der Waals surface area contributed by atoms with E-state index in [-0.39, 0.29) is 120 Å². The first-order valence-corrected chi connectivity index (χ1v) is 36.3. The van der Waals surface area contributed by atoms with Crippen LogP contribution in [0.2, 0.25) is 0 Å². The number of carbonyl (C=O) groups is 9. The van der Waals surface area contributed by atoms with Crippen LogP contribution in [-0.4, -0.2) is 149 Å². The fourth-order valence-electron chi connectivity index (χ4n) is 10.8. The van der Waals surface area contributed by atoms with Crippen molar-refractivity contribution in [3.05, 3.63) is 0 Å². The quantitative estimate of drug-likeness (QED) is 0.0220. The van der Waals surface area contributed by atoms with Gasteiger partial charge in [0, 0.05) is 13.5 Å². The predicted molar refractivity (Wildman–Crippen MR) is 369 cm³/mol. The van der Waals surface area contributed by atoms with Gasteiger partial charge in [-0.3, -0.25) is 38.4 Å². The summed E-state index contributed by atoms with van der Waals surface area (Å²) < 4.78 is 27.1. The maximum Gasteiger partial charge on any atom is 0.328 e. The summed E-state index contributed by atoms with van der Waals surface area (Å²) in [6.45, 7) is 28.5. The van der Waals surface area contributed by atoms with Crippen LogP contribution < -0.4 is 37.2 Å². The monoisotopic (exact) mass is 1320 g/mol. The molecule has 7 N–H and O–H groups in total. The van der Waals surface area contributed by atoms with Crippen LogP contribution in [0.1, 0.15) is 277 Å². The van der Waals surface area contributed by atoms with E-state index in [1.165, 1.54) is 77.0 Å². The molecule has 0 aromatic carbocycles. The molecule has 0 fully saturated rings. The topological polar surface area (TPSA) is 284 Å². The van der Waals surface area contributed by atoms with Gasteiger partial charge in [0.05, 0.1) is 39.6 Å². The Labute approximate surface area is 563 Å². The summed E-state index contributed by atoms with van der Waals surface area (Å²) in [6.07, 6.45) is 23.5.